The molecule has 0 unspecified atom stereocenters. The maximum absolute atomic E-state index is 12.7. The van der Waals surface area contributed by atoms with Gasteiger partial charge in [0.05, 0.1) is 5.56 Å². The highest BCUT2D eigenvalue weighted by Crippen LogP contribution is 2.29. The molecule has 0 saturated carbocycles. The summed E-state index contributed by atoms with van der Waals surface area (Å²) in [5.41, 5.74) is 0.221. The van der Waals surface area contributed by atoms with E-state index >= 15 is 0 Å². The van der Waals surface area contributed by atoms with E-state index in [0.29, 0.717) is 11.1 Å². The Labute approximate surface area is 161 Å². The highest BCUT2D eigenvalue weighted by atomic mass is 32.2. The van der Waals surface area contributed by atoms with Crippen LogP contribution in [0, 0.1) is 0 Å². The Balaban J connectivity index is 1.77. The molecule has 0 radical (unpaired) electrons. The van der Waals surface area contributed by atoms with Gasteiger partial charge in [-0.2, -0.15) is 13.2 Å². The molecule has 2 rings (SSSR count). The third-order valence-electron chi connectivity index (χ3n) is 3.64. The summed E-state index contributed by atoms with van der Waals surface area (Å²) in [7, 11) is -3.70. The minimum Gasteiger partial charge on any atom is -0.352 e. The van der Waals surface area contributed by atoms with Gasteiger partial charge in [-0.3, -0.25) is 4.79 Å². The largest absolute Gasteiger partial charge is 0.416 e. The quantitative estimate of drug-likeness (QED) is 0.699. The van der Waals surface area contributed by atoms with Crippen LogP contribution < -0.4 is 10.0 Å². The van der Waals surface area contributed by atoms with Crippen LogP contribution in [0.2, 0.25) is 0 Å². The van der Waals surface area contributed by atoms with Crippen molar-refractivity contribution in [1.29, 1.82) is 0 Å². The molecule has 0 fully saturated rings. The number of rotatable bonds is 8. The molecule has 0 heterocycles. The van der Waals surface area contributed by atoms with Crippen LogP contribution in [-0.2, 0) is 27.5 Å². The molecule has 0 bridgehead atoms. The maximum Gasteiger partial charge on any atom is 0.416 e. The number of halogens is 3. The normalized spacial score (nSPS) is 12.2. The zero-order valence-electron chi connectivity index (χ0n) is 14.7. The summed E-state index contributed by atoms with van der Waals surface area (Å²) in [5.74, 6) is -0.479. The van der Waals surface area contributed by atoms with Gasteiger partial charge in [0.1, 0.15) is 0 Å². The summed E-state index contributed by atoms with van der Waals surface area (Å²) in [6.45, 7) is -0.209. The Morgan fingerprint density at radius 1 is 1.04 bits per heavy atom. The van der Waals surface area contributed by atoms with Gasteiger partial charge in [-0.05, 0) is 29.3 Å². The molecule has 0 aliphatic heterocycles. The summed E-state index contributed by atoms with van der Waals surface area (Å²) >= 11 is 0. The fourth-order valence-corrected chi connectivity index (χ4v) is 3.05. The van der Waals surface area contributed by atoms with Crippen LogP contribution in [0.15, 0.2) is 60.0 Å². The van der Waals surface area contributed by atoms with Crippen LogP contribution in [0.5, 0.6) is 0 Å². The Morgan fingerprint density at radius 2 is 1.75 bits per heavy atom. The predicted molar refractivity (Wildman–Crippen MR) is 100 cm³/mol. The number of sulfonamides is 1. The van der Waals surface area contributed by atoms with Gasteiger partial charge >= 0.3 is 6.18 Å². The Morgan fingerprint density at radius 3 is 2.43 bits per heavy atom. The SMILES string of the molecule is O=C(CCNS(=O)(=O)/C=C/c1ccccc1)NCc1cccc(C(F)(F)F)c1. The molecule has 2 aromatic rings. The Hall–Kier alpha value is -2.65. The van der Waals surface area contributed by atoms with Gasteiger partial charge in [-0.15, -0.1) is 0 Å². The van der Waals surface area contributed by atoms with Crippen LogP contribution in [0.1, 0.15) is 23.1 Å². The van der Waals surface area contributed by atoms with Gasteiger partial charge < -0.3 is 5.32 Å². The van der Waals surface area contributed by atoms with Gasteiger partial charge in [-0.1, -0.05) is 42.5 Å². The summed E-state index contributed by atoms with van der Waals surface area (Å²) < 4.78 is 64.0. The second-order valence-corrected chi connectivity index (χ2v) is 7.53. The van der Waals surface area contributed by atoms with E-state index in [0.717, 1.165) is 17.5 Å². The van der Waals surface area contributed by atoms with Crippen molar-refractivity contribution in [2.24, 2.45) is 0 Å². The topological polar surface area (TPSA) is 75.3 Å². The number of hydrogen-bond donors (Lipinski definition) is 2. The first-order chi connectivity index (χ1) is 13.2. The van der Waals surface area contributed by atoms with Crippen LogP contribution in [0.25, 0.3) is 6.08 Å². The third-order valence-corrected chi connectivity index (χ3v) is 4.74. The predicted octanol–water partition coefficient (Wildman–Crippen LogP) is 3.30. The van der Waals surface area contributed by atoms with Gasteiger partial charge in [0, 0.05) is 24.9 Å². The molecular formula is C19H19F3N2O3S. The number of amides is 1. The molecule has 5 nitrogen and oxygen atoms in total. The first-order valence-corrected chi connectivity index (χ1v) is 9.86. The molecular weight excluding hydrogens is 393 g/mol. The molecule has 9 heteroatoms. The van der Waals surface area contributed by atoms with Crippen molar-refractivity contribution in [3.05, 3.63) is 76.7 Å². The minimum atomic E-state index is -4.45. The monoisotopic (exact) mass is 412 g/mol. The molecule has 2 aromatic carbocycles. The Bertz CT molecular complexity index is 927. The van der Waals surface area contributed by atoms with E-state index in [4.69, 9.17) is 0 Å². The van der Waals surface area contributed by atoms with E-state index in [1.807, 2.05) is 6.07 Å². The smallest absolute Gasteiger partial charge is 0.352 e. The van der Waals surface area contributed by atoms with E-state index in [-0.39, 0.29) is 19.5 Å². The van der Waals surface area contributed by atoms with E-state index in [1.165, 1.54) is 18.2 Å². The van der Waals surface area contributed by atoms with Crippen LogP contribution in [0.3, 0.4) is 0 Å². The minimum absolute atomic E-state index is 0.0799. The number of nitrogens with one attached hydrogen (secondary N) is 2. The second kappa shape index (κ2) is 9.52. The lowest BCUT2D eigenvalue weighted by molar-refractivity contribution is -0.137. The summed E-state index contributed by atoms with van der Waals surface area (Å²) in [6, 6.07) is 13.5. The molecule has 0 saturated heterocycles. The zero-order valence-corrected chi connectivity index (χ0v) is 15.6. The maximum atomic E-state index is 12.7. The van der Waals surface area contributed by atoms with Crippen LogP contribution in [-0.4, -0.2) is 20.9 Å². The fraction of sp³-hybridized carbons (Fsp3) is 0.211. The number of benzene rings is 2. The number of hydrogen-bond acceptors (Lipinski definition) is 3. The van der Waals surface area contributed by atoms with Gasteiger partial charge in [0.25, 0.3) is 0 Å². The van der Waals surface area contributed by atoms with Crippen molar-refractivity contribution >= 4 is 22.0 Å². The van der Waals surface area contributed by atoms with E-state index in [9.17, 15) is 26.4 Å². The van der Waals surface area contributed by atoms with Crippen molar-refractivity contribution in [2.45, 2.75) is 19.1 Å². The third kappa shape index (κ3) is 7.53. The first kappa shape index (κ1) is 21.6. The lowest BCUT2D eigenvalue weighted by atomic mass is 10.1. The lowest BCUT2D eigenvalue weighted by Crippen LogP contribution is -2.29. The average molecular weight is 412 g/mol. The summed E-state index contributed by atoms with van der Waals surface area (Å²) in [4.78, 5) is 11.8. The fourth-order valence-electron chi connectivity index (χ4n) is 2.23. The molecule has 2 N–H and O–H groups in total. The molecule has 0 aliphatic rings. The van der Waals surface area contributed by atoms with Crippen molar-refractivity contribution in [2.75, 3.05) is 6.54 Å². The molecule has 0 aromatic heterocycles. The molecule has 1 amide bonds. The van der Waals surface area contributed by atoms with E-state index in [1.54, 1.807) is 24.3 Å². The van der Waals surface area contributed by atoms with Gasteiger partial charge in [0.2, 0.25) is 15.9 Å². The van der Waals surface area contributed by atoms with Crippen molar-refractivity contribution in [3.8, 4) is 0 Å². The molecule has 0 atom stereocenters. The highest BCUT2D eigenvalue weighted by molar-refractivity contribution is 7.92. The first-order valence-electron chi connectivity index (χ1n) is 8.31. The molecule has 150 valence electrons. The zero-order chi connectivity index (χ0) is 20.6. The number of carbonyl (C=O) groups excluding carboxylic acids is 1. The Kier molecular flexibility index (Phi) is 7.36. The average Bonchev–Trinajstić information content (AvgIpc) is 2.65. The molecule has 28 heavy (non-hydrogen) atoms. The number of alkyl halides is 3. The number of carbonyl (C=O) groups is 1. The van der Waals surface area contributed by atoms with E-state index in [2.05, 4.69) is 10.0 Å². The van der Waals surface area contributed by atoms with Crippen molar-refractivity contribution in [3.63, 3.8) is 0 Å². The second-order valence-electron chi connectivity index (χ2n) is 5.88. The van der Waals surface area contributed by atoms with E-state index < -0.39 is 27.7 Å². The van der Waals surface area contributed by atoms with Gasteiger partial charge in [0.15, 0.2) is 0 Å². The molecule has 0 aliphatic carbocycles. The highest BCUT2D eigenvalue weighted by Gasteiger charge is 2.30. The molecule has 0 spiro atoms. The van der Waals surface area contributed by atoms with Crippen LogP contribution in [0.4, 0.5) is 13.2 Å². The summed E-state index contributed by atoms with van der Waals surface area (Å²) in [6.07, 6.45) is -3.17. The standard InChI is InChI=1S/C19H19F3N2O3S/c20-19(21,22)17-8-4-7-16(13-17)14-23-18(25)9-11-24-28(26,27)12-10-15-5-2-1-3-6-15/h1-8,10,12-13,24H,9,11,14H2,(H,23,25)/b12-10+. The van der Waals surface area contributed by atoms with Gasteiger partial charge in [-0.25, -0.2) is 13.1 Å². The lowest BCUT2D eigenvalue weighted by Gasteiger charge is -2.10. The van der Waals surface area contributed by atoms with Crippen molar-refractivity contribution in [1.82, 2.24) is 10.0 Å². The summed E-state index contributed by atoms with van der Waals surface area (Å²) in [5, 5.41) is 3.47. The van der Waals surface area contributed by atoms with Crippen LogP contribution >= 0.6 is 0 Å². The van der Waals surface area contributed by atoms with Crippen molar-refractivity contribution < 1.29 is 26.4 Å².